The first-order valence-corrected chi connectivity index (χ1v) is 4.17. The van der Waals surface area contributed by atoms with E-state index in [1.807, 2.05) is 53.7 Å². The van der Waals surface area contributed by atoms with Crippen molar-refractivity contribution in [3.05, 3.63) is 61.2 Å². The Labute approximate surface area is 77.5 Å². The molecule has 0 fully saturated rings. The van der Waals surface area contributed by atoms with E-state index in [4.69, 9.17) is 0 Å². The lowest BCUT2D eigenvalue weighted by Crippen LogP contribution is -2.05. The van der Waals surface area contributed by atoms with Gasteiger partial charge in [0.25, 0.3) is 0 Å². The lowest BCUT2D eigenvalue weighted by Gasteiger charge is -2.13. The standard InChI is InChI=1S/C11H10N2/c1-2-4-10-13(9-3-1)11-5-7-12-8-6-11/h1-10H. The van der Waals surface area contributed by atoms with Gasteiger partial charge in [-0.2, -0.15) is 0 Å². The monoisotopic (exact) mass is 170 g/mol. The highest BCUT2D eigenvalue weighted by Crippen LogP contribution is 2.14. The zero-order chi connectivity index (χ0) is 8.93. The summed E-state index contributed by atoms with van der Waals surface area (Å²) in [6.07, 6.45) is 15.6. The second-order valence-electron chi connectivity index (χ2n) is 2.68. The van der Waals surface area contributed by atoms with Crippen molar-refractivity contribution in [1.29, 1.82) is 0 Å². The molecule has 0 saturated carbocycles. The lowest BCUT2D eigenvalue weighted by molar-refractivity contribution is 1.24. The minimum Gasteiger partial charge on any atom is -0.324 e. The van der Waals surface area contributed by atoms with Crippen molar-refractivity contribution in [3.8, 4) is 0 Å². The number of hydrogen-bond acceptors (Lipinski definition) is 2. The first-order valence-electron chi connectivity index (χ1n) is 4.17. The number of aromatic nitrogens is 1. The molecule has 0 bridgehead atoms. The van der Waals surface area contributed by atoms with Crippen LogP contribution in [-0.4, -0.2) is 4.98 Å². The third-order valence-electron chi connectivity index (χ3n) is 1.79. The molecule has 2 heteroatoms. The maximum atomic E-state index is 3.97. The third kappa shape index (κ3) is 1.85. The summed E-state index contributed by atoms with van der Waals surface area (Å²) in [5, 5.41) is 0. The largest absolute Gasteiger partial charge is 0.324 e. The summed E-state index contributed by atoms with van der Waals surface area (Å²) in [6.45, 7) is 0. The van der Waals surface area contributed by atoms with Crippen LogP contribution in [-0.2, 0) is 0 Å². The van der Waals surface area contributed by atoms with Crippen LogP contribution < -0.4 is 4.90 Å². The molecule has 13 heavy (non-hydrogen) atoms. The van der Waals surface area contributed by atoms with Crippen molar-refractivity contribution in [2.75, 3.05) is 4.90 Å². The molecule has 0 spiro atoms. The normalized spacial score (nSPS) is 14.6. The summed E-state index contributed by atoms with van der Waals surface area (Å²) in [5.41, 5.74) is 1.12. The average Bonchev–Trinajstić information content (AvgIpc) is 2.47. The molecule has 0 amide bonds. The minimum absolute atomic E-state index is 1.12. The summed E-state index contributed by atoms with van der Waals surface area (Å²) in [4.78, 5) is 6.02. The van der Waals surface area contributed by atoms with Crippen molar-refractivity contribution < 1.29 is 0 Å². The van der Waals surface area contributed by atoms with Crippen LogP contribution in [0, 0.1) is 0 Å². The number of nitrogens with zero attached hydrogens (tertiary/aromatic N) is 2. The fraction of sp³-hybridized carbons (Fsp3) is 0. The van der Waals surface area contributed by atoms with Crippen molar-refractivity contribution in [1.82, 2.24) is 4.98 Å². The van der Waals surface area contributed by atoms with Gasteiger partial charge in [0.1, 0.15) is 0 Å². The SMILES string of the molecule is C1=CC=CN(c2ccncc2)C=C1. The topological polar surface area (TPSA) is 16.1 Å². The Hall–Kier alpha value is -1.83. The van der Waals surface area contributed by atoms with Crippen molar-refractivity contribution in [2.45, 2.75) is 0 Å². The molecule has 0 radical (unpaired) electrons. The van der Waals surface area contributed by atoms with Gasteiger partial charge in [-0.15, -0.1) is 0 Å². The van der Waals surface area contributed by atoms with Gasteiger partial charge < -0.3 is 4.90 Å². The lowest BCUT2D eigenvalue weighted by atomic mass is 10.4. The molecule has 0 unspecified atom stereocenters. The van der Waals surface area contributed by atoms with Gasteiger partial charge in [0.15, 0.2) is 0 Å². The molecule has 0 N–H and O–H groups in total. The molecule has 64 valence electrons. The van der Waals surface area contributed by atoms with E-state index < -0.39 is 0 Å². The van der Waals surface area contributed by atoms with E-state index in [2.05, 4.69) is 4.98 Å². The van der Waals surface area contributed by atoms with E-state index in [1.54, 1.807) is 12.4 Å². The van der Waals surface area contributed by atoms with E-state index in [0.717, 1.165) is 5.69 Å². The summed E-state index contributed by atoms with van der Waals surface area (Å²) in [6, 6.07) is 3.94. The van der Waals surface area contributed by atoms with Gasteiger partial charge in [-0.1, -0.05) is 12.2 Å². The molecule has 1 aromatic heterocycles. The van der Waals surface area contributed by atoms with Crippen LogP contribution in [0.5, 0.6) is 0 Å². The van der Waals surface area contributed by atoms with Crippen LogP contribution in [0.3, 0.4) is 0 Å². The van der Waals surface area contributed by atoms with E-state index in [-0.39, 0.29) is 0 Å². The Bertz CT molecular complexity index is 334. The second-order valence-corrected chi connectivity index (χ2v) is 2.68. The molecule has 1 aromatic rings. The Balaban J connectivity index is 2.27. The molecular weight excluding hydrogens is 160 g/mol. The molecule has 0 atom stereocenters. The van der Waals surface area contributed by atoms with Gasteiger partial charge in [0.2, 0.25) is 0 Å². The second kappa shape index (κ2) is 3.72. The predicted molar refractivity (Wildman–Crippen MR) is 54.1 cm³/mol. The van der Waals surface area contributed by atoms with Crippen molar-refractivity contribution >= 4 is 5.69 Å². The highest BCUT2D eigenvalue weighted by molar-refractivity contribution is 5.52. The highest BCUT2D eigenvalue weighted by atomic mass is 15.1. The summed E-state index contributed by atoms with van der Waals surface area (Å²) < 4.78 is 0. The Morgan fingerprint density at radius 3 is 2.08 bits per heavy atom. The van der Waals surface area contributed by atoms with E-state index in [0.29, 0.717) is 0 Å². The van der Waals surface area contributed by atoms with Crippen LogP contribution in [0.4, 0.5) is 5.69 Å². The number of anilines is 1. The maximum Gasteiger partial charge on any atom is 0.0479 e. The van der Waals surface area contributed by atoms with Crippen molar-refractivity contribution in [2.24, 2.45) is 0 Å². The molecule has 0 aromatic carbocycles. The third-order valence-corrected chi connectivity index (χ3v) is 1.79. The van der Waals surface area contributed by atoms with Crippen LogP contribution in [0.1, 0.15) is 0 Å². The minimum atomic E-state index is 1.12. The molecule has 1 aliphatic heterocycles. The van der Waals surface area contributed by atoms with E-state index >= 15 is 0 Å². The molecule has 2 rings (SSSR count). The fourth-order valence-electron chi connectivity index (χ4n) is 1.15. The molecular formula is C11H10N2. The van der Waals surface area contributed by atoms with Crippen LogP contribution in [0.15, 0.2) is 61.2 Å². The number of allylic oxidation sites excluding steroid dienone is 4. The van der Waals surface area contributed by atoms with Crippen LogP contribution in [0.2, 0.25) is 0 Å². The van der Waals surface area contributed by atoms with E-state index in [9.17, 15) is 0 Å². The quantitative estimate of drug-likeness (QED) is 0.643. The van der Waals surface area contributed by atoms with Crippen LogP contribution in [0.25, 0.3) is 0 Å². The smallest absolute Gasteiger partial charge is 0.0479 e. The highest BCUT2D eigenvalue weighted by Gasteiger charge is 1.97. The van der Waals surface area contributed by atoms with Gasteiger partial charge in [-0.05, 0) is 24.3 Å². The fourth-order valence-corrected chi connectivity index (χ4v) is 1.15. The summed E-state index contributed by atoms with van der Waals surface area (Å²) in [5.74, 6) is 0. The number of hydrogen-bond donors (Lipinski definition) is 0. The van der Waals surface area contributed by atoms with Crippen molar-refractivity contribution in [3.63, 3.8) is 0 Å². The van der Waals surface area contributed by atoms with Gasteiger partial charge >= 0.3 is 0 Å². The van der Waals surface area contributed by atoms with Gasteiger partial charge in [-0.3, -0.25) is 4.98 Å². The van der Waals surface area contributed by atoms with Gasteiger partial charge in [0, 0.05) is 30.5 Å². The van der Waals surface area contributed by atoms with Gasteiger partial charge in [-0.25, -0.2) is 0 Å². The maximum absolute atomic E-state index is 3.97. The first kappa shape index (κ1) is 7.80. The Kier molecular flexibility index (Phi) is 2.23. The Morgan fingerprint density at radius 2 is 1.46 bits per heavy atom. The Morgan fingerprint density at radius 1 is 0.846 bits per heavy atom. The van der Waals surface area contributed by atoms with Gasteiger partial charge in [0.05, 0.1) is 0 Å². The summed E-state index contributed by atoms with van der Waals surface area (Å²) in [7, 11) is 0. The molecule has 0 aliphatic carbocycles. The molecule has 2 heterocycles. The first-order chi connectivity index (χ1) is 6.47. The molecule has 0 saturated heterocycles. The zero-order valence-electron chi connectivity index (χ0n) is 7.17. The number of pyridine rings is 1. The van der Waals surface area contributed by atoms with E-state index in [1.165, 1.54) is 0 Å². The molecule has 1 aliphatic rings. The zero-order valence-corrected chi connectivity index (χ0v) is 7.17. The predicted octanol–water partition coefficient (Wildman–Crippen LogP) is 2.49. The summed E-state index contributed by atoms with van der Waals surface area (Å²) >= 11 is 0. The average molecular weight is 170 g/mol. The molecule has 2 nitrogen and oxygen atoms in total. The number of rotatable bonds is 1. The van der Waals surface area contributed by atoms with Crippen LogP contribution >= 0.6 is 0 Å².